The number of hydrogen-bond acceptors (Lipinski definition) is 3. The van der Waals surface area contributed by atoms with Gasteiger partial charge in [-0.15, -0.1) is 11.8 Å². The summed E-state index contributed by atoms with van der Waals surface area (Å²) in [5.41, 5.74) is 0. The standard InChI is InChI=1S/C16H25NOS/c1-18-15-8-10-16(11-9-15)19-13-5-12-17-14-6-3-2-4-7-14/h8-11,14,17H,2-7,12-13H2,1H3. The highest BCUT2D eigenvalue weighted by atomic mass is 32.2. The SMILES string of the molecule is COc1ccc(SCCCNC2CCCCC2)cc1. The first-order valence-corrected chi connectivity index (χ1v) is 8.37. The van der Waals surface area contributed by atoms with Crippen LogP contribution in [0, 0.1) is 0 Å². The molecule has 0 bridgehead atoms. The molecule has 0 saturated heterocycles. The molecule has 1 N–H and O–H groups in total. The van der Waals surface area contributed by atoms with Crippen LogP contribution >= 0.6 is 11.8 Å². The molecular weight excluding hydrogens is 254 g/mol. The number of thioether (sulfide) groups is 1. The topological polar surface area (TPSA) is 21.3 Å². The zero-order valence-electron chi connectivity index (χ0n) is 11.9. The van der Waals surface area contributed by atoms with Crippen LogP contribution in [0.15, 0.2) is 29.2 Å². The molecule has 0 atom stereocenters. The highest BCUT2D eigenvalue weighted by molar-refractivity contribution is 7.99. The van der Waals surface area contributed by atoms with Gasteiger partial charge in [0, 0.05) is 10.9 Å². The van der Waals surface area contributed by atoms with Crippen molar-refractivity contribution in [2.24, 2.45) is 0 Å². The van der Waals surface area contributed by atoms with Crippen LogP contribution in [0.3, 0.4) is 0 Å². The minimum Gasteiger partial charge on any atom is -0.497 e. The lowest BCUT2D eigenvalue weighted by atomic mass is 9.95. The van der Waals surface area contributed by atoms with Gasteiger partial charge in [0.1, 0.15) is 5.75 Å². The van der Waals surface area contributed by atoms with Crippen molar-refractivity contribution in [3.63, 3.8) is 0 Å². The van der Waals surface area contributed by atoms with Crippen LogP contribution in [-0.2, 0) is 0 Å². The summed E-state index contributed by atoms with van der Waals surface area (Å²) < 4.78 is 5.16. The Morgan fingerprint density at radius 3 is 2.58 bits per heavy atom. The summed E-state index contributed by atoms with van der Waals surface area (Å²) in [5, 5.41) is 3.69. The molecule has 0 aliphatic heterocycles. The maximum absolute atomic E-state index is 5.16. The van der Waals surface area contributed by atoms with E-state index in [2.05, 4.69) is 17.4 Å². The lowest BCUT2D eigenvalue weighted by Crippen LogP contribution is -2.31. The molecule has 3 heteroatoms. The maximum Gasteiger partial charge on any atom is 0.118 e. The fraction of sp³-hybridized carbons (Fsp3) is 0.625. The van der Waals surface area contributed by atoms with E-state index in [1.54, 1.807) is 7.11 Å². The lowest BCUT2D eigenvalue weighted by Gasteiger charge is -2.22. The van der Waals surface area contributed by atoms with Crippen LogP contribution < -0.4 is 10.1 Å². The second-order valence-corrected chi connectivity index (χ2v) is 6.33. The molecule has 0 unspecified atom stereocenters. The van der Waals surface area contributed by atoms with Crippen molar-refractivity contribution in [3.8, 4) is 5.75 Å². The molecule has 0 spiro atoms. The number of nitrogens with one attached hydrogen (secondary N) is 1. The summed E-state index contributed by atoms with van der Waals surface area (Å²) in [6.07, 6.45) is 8.27. The number of methoxy groups -OCH3 is 1. The van der Waals surface area contributed by atoms with Crippen LogP contribution in [0.25, 0.3) is 0 Å². The van der Waals surface area contributed by atoms with E-state index in [0.29, 0.717) is 0 Å². The van der Waals surface area contributed by atoms with Crippen LogP contribution in [0.2, 0.25) is 0 Å². The van der Waals surface area contributed by atoms with Crippen molar-refractivity contribution in [2.45, 2.75) is 49.5 Å². The first kappa shape index (κ1) is 14.7. The Labute approximate surface area is 121 Å². The van der Waals surface area contributed by atoms with Gasteiger partial charge < -0.3 is 10.1 Å². The third-order valence-corrected chi connectivity index (χ3v) is 4.79. The first-order chi connectivity index (χ1) is 9.38. The molecule has 1 aromatic rings. The van der Waals surface area contributed by atoms with Crippen molar-refractivity contribution in [2.75, 3.05) is 19.4 Å². The Bertz CT molecular complexity index is 346. The zero-order valence-corrected chi connectivity index (χ0v) is 12.7. The van der Waals surface area contributed by atoms with Crippen molar-refractivity contribution in [1.82, 2.24) is 5.32 Å². The molecule has 2 nitrogen and oxygen atoms in total. The minimum atomic E-state index is 0.791. The van der Waals surface area contributed by atoms with Crippen molar-refractivity contribution < 1.29 is 4.74 Å². The van der Waals surface area contributed by atoms with Crippen LogP contribution in [0.4, 0.5) is 0 Å². The highest BCUT2D eigenvalue weighted by Crippen LogP contribution is 2.22. The van der Waals surface area contributed by atoms with Crippen LogP contribution in [0.1, 0.15) is 38.5 Å². The monoisotopic (exact) mass is 279 g/mol. The molecule has 1 aliphatic carbocycles. The van der Waals surface area contributed by atoms with Gasteiger partial charge in [0.25, 0.3) is 0 Å². The highest BCUT2D eigenvalue weighted by Gasteiger charge is 2.11. The normalized spacial score (nSPS) is 16.5. The number of benzene rings is 1. The van der Waals surface area contributed by atoms with Gasteiger partial charge in [0.2, 0.25) is 0 Å². The van der Waals surface area contributed by atoms with Gasteiger partial charge >= 0.3 is 0 Å². The molecule has 0 amide bonds. The molecular formula is C16H25NOS. The Hall–Kier alpha value is -0.670. The van der Waals surface area contributed by atoms with Crippen molar-refractivity contribution >= 4 is 11.8 Å². The number of hydrogen-bond donors (Lipinski definition) is 1. The van der Waals surface area contributed by atoms with E-state index in [4.69, 9.17) is 4.74 Å². The largest absolute Gasteiger partial charge is 0.497 e. The molecule has 1 aliphatic rings. The molecule has 106 valence electrons. The van der Waals surface area contributed by atoms with Crippen LogP contribution in [-0.4, -0.2) is 25.4 Å². The predicted octanol–water partition coefficient (Wildman–Crippen LogP) is 4.10. The van der Waals surface area contributed by atoms with E-state index in [9.17, 15) is 0 Å². The summed E-state index contributed by atoms with van der Waals surface area (Å²) in [6.45, 7) is 1.16. The summed E-state index contributed by atoms with van der Waals surface area (Å²) in [7, 11) is 1.71. The molecule has 1 fully saturated rings. The van der Waals surface area contributed by atoms with E-state index < -0.39 is 0 Å². The van der Waals surface area contributed by atoms with E-state index in [0.717, 1.165) is 18.3 Å². The number of rotatable bonds is 7. The van der Waals surface area contributed by atoms with Gasteiger partial charge in [-0.05, 0) is 55.8 Å². The van der Waals surface area contributed by atoms with Crippen molar-refractivity contribution in [1.29, 1.82) is 0 Å². The summed E-state index contributed by atoms with van der Waals surface area (Å²) in [5.74, 6) is 2.12. The van der Waals surface area contributed by atoms with Gasteiger partial charge in [-0.1, -0.05) is 19.3 Å². The van der Waals surface area contributed by atoms with E-state index in [1.165, 1.54) is 49.2 Å². The number of ether oxygens (including phenoxy) is 1. The third kappa shape index (κ3) is 5.45. The van der Waals surface area contributed by atoms with Gasteiger partial charge in [-0.2, -0.15) is 0 Å². The maximum atomic E-state index is 5.16. The Balaban J connectivity index is 1.55. The zero-order chi connectivity index (χ0) is 13.3. The fourth-order valence-electron chi connectivity index (χ4n) is 2.55. The quantitative estimate of drug-likeness (QED) is 0.600. The predicted molar refractivity (Wildman–Crippen MR) is 83.2 cm³/mol. The van der Waals surface area contributed by atoms with Gasteiger partial charge in [0.05, 0.1) is 7.11 Å². The Morgan fingerprint density at radius 2 is 1.89 bits per heavy atom. The molecule has 0 aromatic heterocycles. The lowest BCUT2D eigenvalue weighted by molar-refractivity contribution is 0.375. The second kappa shape index (κ2) is 8.49. The molecule has 19 heavy (non-hydrogen) atoms. The Kier molecular flexibility index (Phi) is 6.58. The van der Waals surface area contributed by atoms with Gasteiger partial charge in [0.15, 0.2) is 0 Å². The molecule has 2 rings (SSSR count). The minimum absolute atomic E-state index is 0.791. The first-order valence-electron chi connectivity index (χ1n) is 7.39. The molecule has 0 radical (unpaired) electrons. The van der Waals surface area contributed by atoms with E-state index >= 15 is 0 Å². The second-order valence-electron chi connectivity index (χ2n) is 5.17. The van der Waals surface area contributed by atoms with Gasteiger partial charge in [-0.3, -0.25) is 0 Å². The average Bonchev–Trinajstić information content (AvgIpc) is 2.49. The fourth-order valence-corrected chi connectivity index (χ4v) is 3.40. The summed E-state index contributed by atoms with van der Waals surface area (Å²) in [6, 6.07) is 9.13. The van der Waals surface area contributed by atoms with Crippen molar-refractivity contribution in [3.05, 3.63) is 24.3 Å². The van der Waals surface area contributed by atoms with E-state index in [1.807, 2.05) is 23.9 Å². The van der Waals surface area contributed by atoms with E-state index in [-0.39, 0.29) is 0 Å². The third-order valence-electron chi connectivity index (χ3n) is 3.69. The molecule has 1 saturated carbocycles. The smallest absolute Gasteiger partial charge is 0.118 e. The summed E-state index contributed by atoms with van der Waals surface area (Å²) in [4.78, 5) is 1.33. The average molecular weight is 279 g/mol. The molecule has 1 aromatic carbocycles. The Morgan fingerprint density at radius 1 is 1.16 bits per heavy atom. The van der Waals surface area contributed by atoms with Crippen LogP contribution in [0.5, 0.6) is 5.75 Å². The van der Waals surface area contributed by atoms with Gasteiger partial charge in [-0.25, -0.2) is 0 Å². The summed E-state index contributed by atoms with van der Waals surface area (Å²) >= 11 is 1.93. The molecule has 0 heterocycles.